The zero-order valence-electron chi connectivity index (χ0n) is 4.09. The summed E-state index contributed by atoms with van der Waals surface area (Å²) in [6, 6.07) is 0. The number of carbonyl (C=O) groups is 2. The number of hydrogen-bond acceptors (Lipinski definition) is 2. The zero-order valence-corrected chi connectivity index (χ0v) is 4.09. The van der Waals surface area contributed by atoms with E-state index in [1.54, 1.807) is 0 Å². The summed E-state index contributed by atoms with van der Waals surface area (Å²) in [6.45, 7) is -0.648. The van der Waals surface area contributed by atoms with Gasteiger partial charge in [-0.25, -0.2) is 9.90 Å². The van der Waals surface area contributed by atoms with Crippen LogP contribution < -0.4 is 0 Å². The molecule has 45 valence electrons. The van der Waals surface area contributed by atoms with Crippen LogP contribution in [0.3, 0.4) is 0 Å². The fourth-order valence-corrected chi connectivity index (χ4v) is 0.200. The van der Waals surface area contributed by atoms with Gasteiger partial charge in [-0.15, -0.1) is 0 Å². The molecule has 4 nitrogen and oxygen atoms in total. The lowest BCUT2D eigenvalue weighted by atomic mass is 10.3. The molecule has 8 heavy (non-hydrogen) atoms. The third-order valence-electron chi connectivity index (χ3n) is 0.568. The maximum Gasteiger partial charge on any atom is 0.372 e. The predicted molar refractivity (Wildman–Crippen MR) is 22.8 cm³/mol. The van der Waals surface area contributed by atoms with Gasteiger partial charge in [0.2, 0.25) is 5.78 Å². The number of rotatable bonds is 3. The van der Waals surface area contributed by atoms with Crippen molar-refractivity contribution in [1.82, 2.24) is 0 Å². The molecule has 0 saturated heterocycles. The van der Waals surface area contributed by atoms with Gasteiger partial charge in [-0.05, 0) is 0 Å². The molecule has 0 aliphatic rings. The second-order valence-electron chi connectivity index (χ2n) is 1.18. The predicted octanol–water partition coefficient (Wildman–Crippen LogP) is -0.539. The molecular weight excluding hydrogens is 112 g/mol. The second kappa shape index (κ2) is 3.15. The van der Waals surface area contributed by atoms with Crippen LogP contribution in [-0.4, -0.2) is 23.5 Å². The van der Waals surface area contributed by atoms with Gasteiger partial charge in [0.1, 0.15) is 0 Å². The van der Waals surface area contributed by atoms with Crippen LogP contribution in [0.5, 0.6) is 0 Å². The fourth-order valence-electron chi connectivity index (χ4n) is 0.200. The SMILES string of the molecule is [O]CCC(=O)C(=O)O. The van der Waals surface area contributed by atoms with E-state index in [4.69, 9.17) is 5.11 Å². The summed E-state index contributed by atoms with van der Waals surface area (Å²) in [5, 5.41) is 17.4. The van der Waals surface area contributed by atoms with Gasteiger partial charge in [0, 0.05) is 6.42 Å². The molecule has 0 aromatic rings. The largest absolute Gasteiger partial charge is 0.475 e. The molecule has 0 saturated carbocycles. The summed E-state index contributed by atoms with van der Waals surface area (Å²) in [4.78, 5) is 19.5. The van der Waals surface area contributed by atoms with E-state index < -0.39 is 24.8 Å². The number of carboxylic acid groups (broad SMARTS) is 1. The molecule has 0 fully saturated rings. The number of aliphatic carboxylic acids is 1. The highest BCUT2D eigenvalue weighted by Crippen LogP contribution is 1.79. The number of carbonyl (C=O) groups excluding carboxylic acids is 1. The first-order chi connectivity index (χ1) is 3.68. The molecule has 0 atom stereocenters. The third-order valence-corrected chi connectivity index (χ3v) is 0.568. The summed E-state index contributed by atoms with van der Waals surface area (Å²) in [7, 11) is 0. The minimum absolute atomic E-state index is 0.407. The molecule has 1 N–H and O–H groups in total. The minimum Gasteiger partial charge on any atom is -0.475 e. The van der Waals surface area contributed by atoms with E-state index in [1.165, 1.54) is 0 Å². The summed E-state index contributed by atoms with van der Waals surface area (Å²) in [5.41, 5.74) is 0. The smallest absolute Gasteiger partial charge is 0.372 e. The van der Waals surface area contributed by atoms with Crippen molar-refractivity contribution in [2.75, 3.05) is 6.61 Å². The monoisotopic (exact) mass is 117 g/mol. The van der Waals surface area contributed by atoms with Crippen molar-refractivity contribution >= 4 is 11.8 Å². The van der Waals surface area contributed by atoms with Gasteiger partial charge < -0.3 is 5.11 Å². The van der Waals surface area contributed by atoms with E-state index in [0.29, 0.717) is 0 Å². The van der Waals surface area contributed by atoms with E-state index in [1.807, 2.05) is 0 Å². The Hall–Kier alpha value is -0.900. The van der Waals surface area contributed by atoms with Gasteiger partial charge in [-0.1, -0.05) is 0 Å². The Balaban J connectivity index is 3.49. The van der Waals surface area contributed by atoms with Crippen LogP contribution in [0.2, 0.25) is 0 Å². The van der Waals surface area contributed by atoms with Crippen molar-refractivity contribution in [2.45, 2.75) is 6.42 Å². The first-order valence-electron chi connectivity index (χ1n) is 2.02. The number of ketones is 1. The van der Waals surface area contributed by atoms with Crippen LogP contribution in [0.15, 0.2) is 0 Å². The molecule has 0 aromatic carbocycles. The van der Waals surface area contributed by atoms with Crippen LogP contribution in [0.25, 0.3) is 0 Å². The zero-order chi connectivity index (χ0) is 6.57. The molecule has 0 aliphatic carbocycles. The van der Waals surface area contributed by atoms with Gasteiger partial charge in [-0.3, -0.25) is 4.79 Å². The molecule has 1 radical (unpaired) electrons. The highest BCUT2D eigenvalue weighted by atomic mass is 16.4. The van der Waals surface area contributed by atoms with Crippen LogP contribution in [-0.2, 0) is 14.7 Å². The topological polar surface area (TPSA) is 74.3 Å². The van der Waals surface area contributed by atoms with Crippen molar-refractivity contribution in [2.24, 2.45) is 0 Å². The van der Waals surface area contributed by atoms with Crippen LogP contribution in [0, 0.1) is 0 Å². The molecule has 0 rings (SSSR count). The van der Waals surface area contributed by atoms with Crippen LogP contribution >= 0.6 is 0 Å². The summed E-state index contributed by atoms with van der Waals surface area (Å²) in [5.74, 6) is -2.54. The number of carboxylic acids is 1. The van der Waals surface area contributed by atoms with Gasteiger partial charge in [0.25, 0.3) is 0 Å². The molecule has 0 unspecified atom stereocenters. The second-order valence-corrected chi connectivity index (χ2v) is 1.18. The van der Waals surface area contributed by atoms with Gasteiger partial charge >= 0.3 is 5.97 Å². The third kappa shape index (κ3) is 2.30. The van der Waals surface area contributed by atoms with E-state index in [-0.39, 0.29) is 0 Å². The summed E-state index contributed by atoms with van der Waals surface area (Å²) < 4.78 is 0. The molecule has 0 bridgehead atoms. The normalized spacial score (nSPS) is 8.62. The molecule has 4 heteroatoms. The number of hydrogen-bond donors (Lipinski definition) is 1. The fraction of sp³-hybridized carbons (Fsp3) is 0.500. The molecule has 0 aliphatic heterocycles. The first-order valence-corrected chi connectivity index (χ1v) is 2.02. The standard InChI is InChI=1S/C4H5O4/c5-2-1-3(6)4(7)8/h1-2H2,(H,7,8). The highest BCUT2D eigenvalue weighted by Gasteiger charge is 2.08. The Kier molecular flexibility index (Phi) is 2.79. The molecule has 0 aromatic heterocycles. The molecule has 0 amide bonds. The van der Waals surface area contributed by atoms with Gasteiger partial charge in [-0.2, -0.15) is 0 Å². The summed E-state index contributed by atoms with van der Waals surface area (Å²) >= 11 is 0. The summed E-state index contributed by atoms with van der Waals surface area (Å²) in [6.07, 6.45) is -0.407. The number of Topliss-reactive ketones (excluding diaryl/α,β-unsaturated/α-hetero) is 1. The quantitative estimate of drug-likeness (QED) is 0.504. The molecule has 0 heterocycles. The van der Waals surface area contributed by atoms with Gasteiger partial charge in [0.05, 0.1) is 6.61 Å². The van der Waals surface area contributed by atoms with E-state index in [2.05, 4.69) is 0 Å². The average Bonchev–Trinajstić information content (AvgIpc) is 1.67. The van der Waals surface area contributed by atoms with Crippen molar-refractivity contribution in [3.05, 3.63) is 0 Å². The maximum atomic E-state index is 9.94. The highest BCUT2D eigenvalue weighted by molar-refractivity contribution is 6.32. The Morgan fingerprint density at radius 3 is 2.00 bits per heavy atom. The van der Waals surface area contributed by atoms with Crippen molar-refractivity contribution in [3.63, 3.8) is 0 Å². The molecule has 0 spiro atoms. The Labute approximate surface area is 45.7 Å². The lowest BCUT2D eigenvalue weighted by Gasteiger charge is -1.84. The lowest BCUT2D eigenvalue weighted by molar-refractivity contribution is -0.149. The first kappa shape index (κ1) is 7.10. The average molecular weight is 117 g/mol. The van der Waals surface area contributed by atoms with Crippen molar-refractivity contribution in [1.29, 1.82) is 0 Å². The van der Waals surface area contributed by atoms with Crippen molar-refractivity contribution in [3.8, 4) is 0 Å². The Bertz CT molecular complexity index is 107. The Morgan fingerprint density at radius 1 is 1.38 bits per heavy atom. The lowest BCUT2D eigenvalue weighted by Crippen LogP contribution is -2.12. The van der Waals surface area contributed by atoms with Crippen LogP contribution in [0.4, 0.5) is 0 Å². The van der Waals surface area contributed by atoms with Crippen molar-refractivity contribution < 1.29 is 19.8 Å². The van der Waals surface area contributed by atoms with E-state index in [9.17, 15) is 14.7 Å². The van der Waals surface area contributed by atoms with E-state index >= 15 is 0 Å². The molecular formula is C4H5O4. The van der Waals surface area contributed by atoms with Gasteiger partial charge in [0.15, 0.2) is 0 Å². The minimum atomic E-state index is -1.53. The van der Waals surface area contributed by atoms with Crippen LogP contribution in [0.1, 0.15) is 6.42 Å². The van der Waals surface area contributed by atoms with E-state index in [0.717, 1.165) is 0 Å². The Morgan fingerprint density at radius 2 is 1.88 bits per heavy atom. The maximum absolute atomic E-state index is 9.94.